The molecule has 3 aromatic rings. The number of carbonyl (C=O) groups excluding carboxylic acids is 1. The van der Waals surface area contributed by atoms with Crippen LogP contribution in [0.1, 0.15) is 60.9 Å². The summed E-state index contributed by atoms with van der Waals surface area (Å²) in [5.41, 5.74) is 5.80. The number of likely N-dealkylation sites (tertiary alicyclic amines) is 1. The predicted octanol–water partition coefficient (Wildman–Crippen LogP) is 4.56. The van der Waals surface area contributed by atoms with Crippen LogP contribution < -0.4 is 0 Å². The van der Waals surface area contributed by atoms with Gasteiger partial charge in [-0.25, -0.2) is 0 Å². The Hall–Kier alpha value is -2.69. The van der Waals surface area contributed by atoms with Crippen molar-refractivity contribution in [3.05, 3.63) is 59.0 Å². The Balaban J connectivity index is 1.61. The Morgan fingerprint density at radius 2 is 2.00 bits per heavy atom. The van der Waals surface area contributed by atoms with Gasteiger partial charge < -0.3 is 4.90 Å². The summed E-state index contributed by atoms with van der Waals surface area (Å²) in [4.78, 5) is 19.8. The number of nitrogens with zero attached hydrogens (tertiary/aromatic N) is 3. The van der Waals surface area contributed by atoms with E-state index in [1.807, 2.05) is 17.3 Å². The van der Waals surface area contributed by atoms with Crippen LogP contribution in [0, 0.1) is 6.92 Å². The fraction of sp³-hybridized carbons (Fsp3) is 0.458. The molecule has 0 spiro atoms. The Morgan fingerprint density at radius 1 is 1.17 bits per heavy atom. The molecule has 0 bridgehead atoms. The second kappa shape index (κ2) is 8.76. The smallest absolute Gasteiger partial charge is 0.223 e. The summed E-state index contributed by atoms with van der Waals surface area (Å²) < 4.78 is 0. The summed E-state index contributed by atoms with van der Waals surface area (Å²) in [6.07, 6.45) is 9.53. The highest BCUT2D eigenvalue weighted by Crippen LogP contribution is 2.28. The van der Waals surface area contributed by atoms with E-state index in [4.69, 9.17) is 0 Å². The van der Waals surface area contributed by atoms with E-state index in [2.05, 4.69) is 53.3 Å². The van der Waals surface area contributed by atoms with E-state index in [1.54, 1.807) is 0 Å². The van der Waals surface area contributed by atoms with Crippen LogP contribution in [0.2, 0.25) is 0 Å². The van der Waals surface area contributed by atoms with Crippen LogP contribution in [-0.2, 0) is 17.6 Å². The molecule has 1 N–H and O–H groups in total. The molecular formula is C24H30N4O. The monoisotopic (exact) mass is 390 g/mol. The molecule has 5 nitrogen and oxygen atoms in total. The maximum Gasteiger partial charge on any atom is 0.223 e. The number of H-pyrrole nitrogens is 1. The molecule has 1 saturated heterocycles. The molecule has 0 aliphatic carbocycles. The lowest BCUT2D eigenvalue weighted by atomic mass is 9.90. The lowest BCUT2D eigenvalue weighted by molar-refractivity contribution is -0.132. The van der Waals surface area contributed by atoms with Gasteiger partial charge in [0.25, 0.3) is 0 Å². The van der Waals surface area contributed by atoms with Gasteiger partial charge in [-0.3, -0.25) is 14.9 Å². The third-order valence-electron chi connectivity index (χ3n) is 6.09. The van der Waals surface area contributed by atoms with Crippen molar-refractivity contribution in [2.24, 2.45) is 0 Å². The molecule has 1 aromatic carbocycles. The van der Waals surface area contributed by atoms with Crippen molar-refractivity contribution in [1.29, 1.82) is 0 Å². The number of aryl methyl sites for hydroxylation is 2. The molecule has 2 aromatic heterocycles. The SMILES string of the molecule is CCc1ccnc(C(CC(=O)N2CCCCC2)Cc2cc(C)c3[nH]ncc3c2)c1. The van der Waals surface area contributed by atoms with Gasteiger partial charge in [-0.15, -0.1) is 0 Å². The third kappa shape index (κ3) is 4.50. The molecule has 5 heteroatoms. The summed E-state index contributed by atoms with van der Waals surface area (Å²) in [6, 6.07) is 8.64. The fourth-order valence-corrected chi connectivity index (χ4v) is 4.42. The van der Waals surface area contributed by atoms with Gasteiger partial charge >= 0.3 is 0 Å². The molecule has 0 saturated carbocycles. The number of hydrogen-bond donors (Lipinski definition) is 1. The zero-order chi connectivity index (χ0) is 20.2. The number of amides is 1. The minimum absolute atomic E-state index is 0.0830. The lowest BCUT2D eigenvalue weighted by Gasteiger charge is -2.28. The van der Waals surface area contributed by atoms with Crippen LogP contribution >= 0.6 is 0 Å². The molecular weight excluding hydrogens is 360 g/mol. The molecule has 0 radical (unpaired) electrons. The maximum atomic E-state index is 13.0. The molecule has 4 rings (SSSR count). The van der Waals surface area contributed by atoms with Crippen molar-refractivity contribution in [2.45, 2.75) is 58.3 Å². The first-order chi connectivity index (χ1) is 14.1. The number of hydrogen-bond acceptors (Lipinski definition) is 3. The molecule has 29 heavy (non-hydrogen) atoms. The van der Waals surface area contributed by atoms with E-state index < -0.39 is 0 Å². The van der Waals surface area contributed by atoms with E-state index in [9.17, 15) is 4.79 Å². The average Bonchev–Trinajstić information content (AvgIpc) is 3.23. The summed E-state index contributed by atoms with van der Waals surface area (Å²) in [5, 5.41) is 8.36. The number of aromatic nitrogens is 3. The highest BCUT2D eigenvalue weighted by molar-refractivity contribution is 5.82. The normalized spacial score (nSPS) is 15.6. The van der Waals surface area contributed by atoms with Gasteiger partial charge in [0.1, 0.15) is 0 Å². The van der Waals surface area contributed by atoms with E-state index >= 15 is 0 Å². The summed E-state index contributed by atoms with van der Waals surface area (Å²) >= 11 is 0. The van der Waals surface area contributed by atoms with Crippen molar-refractivity contribution in [3.63, 3.8) is 0 Å². The third-order valence-corrected chi connectivity index (χ3v) is 6.09. The maximum absolute atomic E-state index is 13.0. The minimum Gasteiger partial charge on any atom is -0.343 e. The second-order valence-corrected chi connectivity index (χ2v) is 8.24. The summed E-state index contributed by atoms with van der Waals surface area (Å²) in [7, 11) is 0. The molecule has 1 atom stereocenters. The number of nitrogens with one attached hydrogen (secondary N) is 1. The van der Waals surface area contributed by atoms with Crippen LogP contribution in [0.4, 0.5) is 0 Å². The number of benzene rings is 1. The van der Waals surface area contributed by atoms with Crippen molar-refractivity contribution in [2.75, 3.05) is 13.1 Å². The molecule has 1 aliphatic heterocycles. The predicted molar refractivity (Wildman–Crippen MR) is 116 cm³/mol. The topological polar surface area (TPSA) is 61.9 Å². The fourth-order valence-electron chi connectivity index (χ4n) is 4.42. The van der Waals surface area contributed by atoms with Gasteiger partial charge in [0.15, 0.2) is 0 Å². The van der Waals surface area contributed by atoms with Gasteiger partial charge in [-0.05, 0) is 73.9 Å². The number of piperidine rings is 1. The molecule has 1 fully saturated rings. The molecule has 1 aliphatic rings. The van der Waals surface area contributed by atoms with Gasteiger partial charge in [0.05, 0.1) is 11.7 Å². The van der Waals surface area contributed by atoms with E-state index in [0.29, 0.717) is 6.42 Å². The van der Waals surface area contributed by atoms with Crippen LogP contribution in [-0.4, -0.2) is 39.1 Å². The molecule has 1 amide bonds. The minimum atomic E-state index is 0.0830. The van der Waals surface area contributed by atoms with Crippen LogP contribution in [0.5, 0.6) is 0 Å². The number of pyridine rings is 1. The Kier molecular flexibility index (Phi) is 5.93. The van der Waals surface area contributed by atoms with Crippen LogP contribution in [0.25, 0.3) is 10.9 Å². The van der Waals surface area contributed by atoms with Gasteiger partial charge in [-0.2, -0.15) is 5.10 Å². The standard InChI is InChI=1S/C24H30N4O/c1-3-18-7-8-25-22(14-18)20(15-23(29)28-9-5-4-6-10-28)12-19-11-17(2)24-21(13-19)16-26-27-24/h7-8,11,13-14,16,20H,3-6,9-10,12,15H2,1-2H3,(H,26,27). The number of fused-ring (bicyclic) bond motifs is 1. The Morgan fingerprint density at radius 3 is 2.79 bits per heavy atom. The highest BCUT2D eigenvalue weighted by atomic mass is 16.2. The van der Waals surface area contributed by atoms with E-state index in [0.717, 1.165) is 55.4 Å². The zero-order valence-electron chi connectivity index (χ0n) is 17.4. The van der Waals surface area contributed by atoms with Gasteiger partial charge in [0.2, 0.25) is 5.91 Å². The zero-order valence-corrected chi connectivity index (χ0v) is 17.4. The number of carbonyl (C=O) groups is 1. The molecule has 1 unspecified atom stereocenters. The first-order valence-electron chi connectivity index (χ1n) is 10.8. The Bertz CT molecular complexity index is 987. The van der Waals surface area contributed by atoms with Crippen LogP contribution in [0.15, 0.2) is 36.7 Å². The average molecular weight is 391 g/mol. The summed E-state index contributed by atoms with van der Waals surface area (Å²) in [5.74, 6) is 0.346. The summed E-state index contributed by atoms with van der Waals surface area (Å²) in [6.45, 7) is 6.05. The van der Waals surface area contributed by atoms with Crippen molar-refractivity contribution >= 4 is 16.8 Å². The first-order valence-corrected chi connectivity index (χ1v) is 10.8. The van der Waals surface area contributed by atoms with Crippen molar-refractivity contribution < 1.29 is 4.79 Å². The van der Waals surface area contributed by atoms with E-state index in [1.165, 1.54) is 23.1 Å². The lowest BCUT2D eigenvalue weighted by Crippen LogP contribution is -2.36. The largest absolute Gasteiger partial charge is 0.343 e. The number of rotatable bonds is 6. The van der Waals surface area contributed by atoms with Gasteiger partial charge in [-0.1, -0.05) is 13.0 Å². The van der Waals surface area contributed by atoms with Gasteiger partial charge in [0, 0.05) is 42.7 Å². The van der Waals surface area contributed by atoms with E-state index in [-0.39, 0.29) is 11.8 Å². The first kappa shape index (κ1) is 19.6. The Labute approximate surface area is 172 Å². The second-order valence-electron chi connectivity index (χ2n) is 8.24. The number of aromatic amines is 1. The van der Waals surface area contributed by atoms with Crippen LogP contribution in [0.3, 0.4) is 0 Å². The quantitative estimate of drug-likeness (QED) is 0.671. The highest BCUT2D eigenvalue weighted by Gasteiger charge is 2.23. The molecule has 3 heterocycles. The molecule has 152 valence electrons. The van der Waals surface area contributed by atoms with Crippen molar-refractivity contribution in [3.8, 4) is 0 Å². The van der Waals surface area contributed by atoms with Crippen molar-refractivity contribution in [1.82, 2.24) is 20.1 Å².